The van der Waals surface area contributed by atoms with Crippen molar-refractivity contribution in [1.82, 2.24) is 15.5 Å². The van der Waals surface area contributed by atoms with Crippen LogP contribution in [0.25, 0.3) is 0 Å². The van der Waals surface area contributed by atoms with Gasteiger partial charge in [-0.2, -0.15) is 0 Å². The highest BCUT2D eigenvalue weighted by molar-refractivity contribution is 5.74. The van der Waals surface area contributed by atoms with E-state index in [4.69, 9.17) is 0 Å². The van der Waals surface area contributed by atoms with E-state index in [-0.39, 0.29) is 6.03 Å². The number of carbonyl (C=O) groups excluding carboxylic acids is 1. The summed E-state index contributed by atoms with van der Waals surface area (Å²) in [5, 5.41) is 5.82. The summed E-state index contributed by atoms with van der Waals surface area (Å²) in [7, 11) is 0. The van der Waals surface area contributed by atoms with Crippen molar-refractivity contribution in [2.24, 2.45) is 0 Å². The van der Waals surface area contributed by atoms with Gasteiger partial charge in [-0.3, -0.25) is 0 Å². The van der Waals surface area contributed by atoms with E-state index in [2.05, 4.69) is 15.5 Å². The number of carbonyl (C=O) groups is 1. The first kappa shape index (κ1) is 10.7. The average Bonchev–Trinajstić information content (AvgIpc) is 2.87. The van der Waals surface area contributed by atoms with E-state index >= 15 is 0 Å². The Morgan fingerprint density at radius 2 is 2.00 bits per heavy atom. The number of likely N-dealkylation sites (tertiary alicyclic amines) is 1. The molecular formula is C11H21N3O. The van der Waals surface area contributed by atoms with E-state index in [1.54, 1.807) is 0 Å². The fourth-order valence-corrected chi connectivity index (χ4v) is 1.97. The molecular weight excluding hydrogens is 190 g/mol. The predicted molar refractivity (Wildman–Crippen MR) is 59.8 cm³/mol. The van der Waals surface area contributed by atoms with Crippen LogP contribution in [0, 0.1) is 0 Å². The number of nitrogens with zero attached hydrogens (tertiary/aromatic N) is 1. The Morgan fingerprint density at radius 3 is 2.67 bits per heavy atom. The topological polar surface area (TPSA) is 44.4 Å². The molecule has 0 aromatic rings. The number of urea groups is 1. The number of hydrogen-bond donors (Lipinski definition) is 2. The summed E-state index contributed by atoms with van der Waals surface area (Å²) in [5.41, 5.74) is 0. The maximum absolute atomic E-state index is 11.3. The minimum atomic E-state index is 0.0129. The summed E-state index contributed by atoms with van der Waals surface area (Å²) in [6.07, 6.45) is 6.06. The standard InChI is InChI=1S/C11H21N3O/c15-11(13-10-4-5-10)12-6-3-9-14-7-1-2-8-14/h10H,1-9H2,(H2,12,13,15). The first-order valence-corrected chi connectivity index (χ1v) is 6.11. The molecule has 15 heavy (non-hydrogen) atoms. The molecule has 2 fully saturated rings. The second-order valence-electron chi connectivity index (χ2n) is 4.58. The van der Waals surface area contributed by atoms with E-state index in [1.165, 1.54) is 25.9 Å². The molecule has 86 valence electrons. The van der Waals surface area contributed by atoms with E-state index in [0.717, 1.165) is 32.4 Å². The maximum Gasteiger partial charge on any atom is 0.315 e. The Kier molecular flexibility index (Phi) is 3.83. The largest absolute Gasteiger partial charge is 0.338 e. The van der Waals surface area contributed by atoms with Crippen molar-refractivity contribution in [1.29, 1.82) is 0 Å². The van der Waals surface area contributed by atoms with Gasteiger partial charge in [-0.1, -0.05) is 0 Å². The number of hydrogen-bond acceptors (Lipinski definition) is 2. The first-order valence-electron chi connectivity index (χ1n) is 6.11. The highest BCUT2D eigenvalue weighted by Crippen LogP contribution is 2.18. The fraction of sp³-hybridized carbons (Fsp3) is 0.909. The minimum absolute atomic E-state index is 0.0129. The summed E-state index contributed by atoms with van der Waals surface area (Å²) in [4.78, 5) is 13.7. The van der Waals surface area contributed by atoms with Gasteiger partial charge in [0.25, 0.3) is 0 Å². The van der Waals surface area contributed by atoms with E-state index in [0.29, 0.717) is 6.04 Å². The monoisotopic (exact) mass is 211 g/mol. The fourth-order valence-electron chi connectivity index (χ4n) is 1.97. The molecule has 0 aromatic heterocycles. The van der Waals surface area contributed by atoms with Crippen LogP contribution in [0.5, 0.6) is 0 Å². The summed E-state index contributed by atoms with van der Waals surface area (Å²) in [6.45, 7) is 4.42. The Bertz CT molecular complexity index is 210. The molecule has 0 atom stereocenters. The van der Waals surface area contributed by atoms with Gasteiger partial charge in [-0.25, -0.2) is 4.79 Å². The lowest BCUT2D eigenvalue weighted by atomic mass is 10.4. The molecule has 0 aromatic carbocycles. The lowest BCUT2D eigenvalue weighted by Crippen LogP contribution is -2.38. The van der Waals surface area contributed by atoms with Gasteiger partial charge >= 0.3 is 6.03 Å². The van der Waals surface area contributed by atoms with Crippen molar-refractivity contribution in [2.75, 3.05) is 26.2 Å². The number of rotatable bonds is 5. The number of amides is 2. The number of nitrogens with one attached hydrogen (secondary N) is 2. The van der Waals surface area contributed by atoms with E-state index in [9.17, 15) is 4.79 Å². The van der Waals surface area contributed by atoms with Crippen molar-refractivity contribution in [2.45, 2.75) is 38.1 Å². The molecule has 0 unspecified atom stereocenters. The van der Waals surface area contributed by atoms with Crippen LogP contribution in [0.2, 0.25) is 0 Å². The third-order valence-corrected chi connectivity index (χ3v) is 3.05. The molecule has 1 heterocycles. The molecule has 1 aliphatic heterocycles. The second-order valence-corrected chi connectivity index (χ2v) is 4.58. The Hall–Kier alpha value is -0.770. The molecule has 2 rings (SSSR count). The lowest BCUT2D eigenvalue weighted by Gasteiger charge is -2.14. The molecule has 0 radical (unpaired) electrons. The van der Waals surface area contributed by atoms with Crippen LogP contribution >= 0.6 is 0 Å². The highest BCUT2D eigenvalue weighted by Gasteiger charge is 2.22. The molecule has 4 nitrogen and oxygen atoms in total. The molecule has 2 amide bonds. The quantitative estimate of drug-likeness (QED) is 0.665. The van der Waals surface area contributed by atoms with Crippen molar-refractivity contribution >= 4 is 6.03 Å². The third-order valence-electron chi connectivity index (χ3n) is 3.05. The molecule has 0 bridgehead atoms. The highest BCUT2D eigenvalue weighted by atomic mass is 16.2. The maximum atomic E-state index is 11.3. The molecule has 0 spiro atoms. The molecule has 2 aliphatic rings. The molecule has 1 saturated carbocycles. The van der Waals surface area contributed by atoms with Crippen LogP contribution in [-0.2, 0) is 0 Å². The van der Waals surface area contributed by atoms with Crippen LogP contribution < -0.4 is 10.6 Å². The van der Waals surface area contributed by atoms with Gasteiger partial charge in [0.05, 0.1) is 0 Å². The van der Waals surface area contributed by atoms with Gasteiger partial charge < -0.3 is 15.5 Å². The summed E-state index contributed by atoms with van der Waals surface area (Å²) >= 11 is 0. The SMILES string of the molecule is O=C(NCCCN1CCCC1)NC1CC1. The zero-order valence-electron chi connectivity index (χ0n) is 9.30. The smallest absolute Gasteiger partial charge is 0.315 e. The Labute approximate surface area is 91.4 Å². The van der Waals surface area contributed by atoms with Crippen LogP contribution in [0.3, 0.4) is 0 Å². The van der Waals surface area contributed by atoms with Crippen molar-refractivity contribution in [3.8, 4) is 0 Å². The molecule has 2 N–H and O–H groups in total. The first-order chi connectivity index (χ1) is 7.34. The Morgan fingerprint density at radius 1 is 1.27 bits per heavy atom. The van der Waals surface area contributed by atoms with Gasteiger partial charge in [0, 0.05) is 12.6 Å². The van der Waals surface area contributed by atoms with E-state index < -0.39 is 0 Å². The zero-order chi connectivity index (χ0) is 10.5. The molecule has 1 saturated heterocycles. The molecule has 4 heteroatoms. The summed E-state index contributed by atoms with van der Waals surface area (Å²) in [5.74, 6) is 0. The Balaban J connectivity index is 1.44. The van der Waals surface area contributed by atoms with Crippen molar-refractivity contribution in [3.05, 3.63) is 0 Å². The lowest BCUT2D eigenvalue weighted by molar-refractivity contribution is 0.239. The van der Waals surface area contributed by atoms with Crippen LogP contribution in [-0.4, -0.2) is 43.2 Å². The van der Waals surface area contributed by atoms with Crippen LogP contribution in [0.15, 0.2) is 0 Å². The van der Waals surface area contributed by atoms with Gasteiger partial charge in [0.2, 0.25) is 0 Å². The summed E-state index contributed by atoms with van der Waals surface area (Å²) < 4.78 is 0. The second kappa shape index (κ2) is 5.35. The third kappa shape index (κ3) is 4.08. The minimum Gasteiger partial charge on any atom is -0.338 e. The van der Waals surface area contributed by atoms with Gasteiger partial charge in [-0.15, -0.1) is 0 Å². The predicted octanol–water partition coefficient (Wildman–Crippen LogP) is 0.934. The average molecular weight is 211 g/mol. The van der Waals surface area contributed by atoms with E-state index in [1.807, 2.05) is 0 Å². The van der Waals surface area contributed by atoms with Gasteiger partial charge in [-0.05, 0) is 51.7 Å². The zero-order valence-corrected chi connectivity index (χ0v) is 9.30. The van der Waals surface area contributed by atoms with Gasteiger partial charge in [0.15, 0.2) is 0 Å². The van der Waals surface area contributed by atoms with Gasteiger partial charge in [0.1, 0.15) is 0 Å². The normalized spacial score (nSPS) is 21.6. The molecule has 1 aliphatic carbocycles. The van der Waals surface area contributed by atoms with Crippen LogP contribution in [0.4, 0.5) is 4.79 Å². The van der Waals surface area contributed by atoms with Crippen LogP contribution in [0.1, 0.15) is 32.1 Å². The van der Waals surface area contributed by atoms with Crippen molar-refractivity contribution < 1.29 is 4.79 Å². The summed E-state index contributed by atoms with van der Waals surface area (Å²) in [6, 6.07) is 0.475. The van der Waals surface area contributed by atoms with Crippen molar-refractivity contribution in [3.63, 3.8) is 0 Å².